The number of nitrogens with zero attached hydrogens (tertiary/aromatic N) is 1. The summed E-state index contributed by atoms with van der Waals surface area (Å²) in [5.41, 5.74) is 6.49. The summed E-state index contributed by atoms with van der Waals surface area (Å²) in [7, 11) is 7.67. The van der Waals surface area contributed by atoms with Crippen LogP contribution in [0.3, 0.4) is 0 Å². The predicted molar refractivity (Wildman–Crippen MR) is 122 cm³/mol. The van der Waals surface area contributed by atoms with Gasteiger partial charge in [0.25, 0.3) is 5.91 Å². The molecule has 3 N–H and O–H groups in total. The van der Waals surface area contributed by atoms with E-state index in [1.807, 2.05) is 13.8 Å². The van der Waals surface area contributed by atoms with Crippen LogP contribution in [-0.4, -0.2) is 63.6 Å². The number of halogens is 1. The van der Waals surface area contributed by atoms with Crippen LogP contribution >= 0.6 is 11.6 Å². The van der Waals surface area contributed by atoms with Gasteiger partial charge in [-0.3, -0.25) is 4.79 Å². The monoisotopic (exact) mass is 433 g/mol. The number of methoxy groups -OCH3 is 1. The molecule has 0 spiro atoms. The van der Waals surface area contributed by atoms with Crippen LogP contribution in [0.4, 0.5) is 5.69 Å². The van der Waals surface area contributed by atoms with Crippen LogP contribution in [0.25, 0.3) is 0 Å². The number of epoxide rings is 1. The van der Waals surface area contributed by atoms with Crippen molar-refractivity contribution in [1.82, 2.24) is 10.2 Å². The summed E-state index contributed by atoms with van der Waals surface area (Å²) in [5.74, 6) is 0.690. The van der Waals surface area contributed by atoms with E-state index in [0.717, 1.165) is 38.9 Å². The summed E-state index contributed by atoms with van der Waals surface area (Å²) in [6, 6.07) is 3.14. The number of nitrogens with two attached hydrogens (primary N) is 1. The molecule has 1 amide bonds. The van der Waals surface area contributed by atoms with Gasteiger partial charge in [0.15, 0.2) is 0 Å². The molecule has 0 bridgehead atoms. The zero-order chi connectivity index (χ0) is 22.1. The van der Waals surface area contributed by atoms with Crippen molar-refractivity contribution in [2.24, 2.45) is 5.92 Å². The smallest absolute Gasteiger partial charge is 0.255 e. The minimum Gasteiger partial charge on any atom is -0.496 e. The van der Waals surface area contributed by atoms with E-state index in [4.69, 9.17) is 34.7 Å². The first-order valence-corrected chi connectivity index (χ1v) is 11.0. The Balaban J connectivity index is 1.43. The Kier molecular flexibility index (Phi) is 6.95. The van der Waals surface area contributed by atoms with Crippen molar-refractivity contribution in [2.45, 2.75) is 57.1 Å². The van der Waals surface area contributed by atoms with E-state index in [1.54, 1.807) is 12.1 Å². The average Bonchev–Trinajstić information content (AvgIpc) is 3.28. The van der Waals surface area contributed by atoms with Crippen LogP contribution in [0.5, 0.6) is 5.75 Å². The third-order valence-electron chi connectivity index (χ3n) is 6.09. The molecule has 1 aromatic carbocycles. The Morgan fingerprint density at radius 3 is 2.70 bits per heavy atom. The number of nitrogen functional groups attached to an aromatic ring is 1. The number of anilines is 1. The average molecular weight is 434 g/mol. The molecule has 30 heavy (non-hydrogen) atoms. The molecule has 164 valence electrons. The number of carbonyl (C=O) groups excluding carboxylic acids is 1. The van der Waals surface area contributed by atoms with Crippen LogP contribution in [0.1, 0.15) is 50.4 Å². The van der Waals surface area contributed by atoms with Crippen LogP contribution in [-0.2, 0) is 4.74 Å². The van der Waals surface area contributed by atoms with E-state index in [1.165, 1.54) is 7.11 Å². The molecule has 0 aromatic heterocycles. The number of carbonyl (C=O) groups is 1. The molecule has 2 radical (unpaired) electrons. The number of benzene rings is 1. The van der Waals surface area contributed by atoms with E-state index in [2.05, 4.69) is 17.1 Å². The number of ether oxygens (including phenoxy) is 2. The first kappa shape index (κ1) is 23.2. The molecule has 2 unspecified atom stereocenters. The number of nitrogens with one attached hydrogen (secondary N) is 1. The molecule has 3 rings (SSSR count). The highest BCUT2D eigenvalue weighted by molar-refractivity contribution is 6.33. The molecule has 2 heterocycles. The highest BCUT2D eigenvalue weighted by Crippen LogP contribution is 2.47. The van der Waals surface area contributed by atoms with Crippen molar-refractivity contribution in [3.63, 3.8) is 0 Å². The van der Waals surface area contributed by atoms with Gasteiger partial charge in [-0.25, -0.2) is 0 Å². The van der Waals surface area contributed by atoms with E-state index in [0.29, 0.717) is 34.5 Å². The quantitative estimate of drug-likeness (QED) is 0.373. The van der Waals surface area contributed by atoms with Crippen LogP contribution in [0.15, 0.2) is 12.1 Å². The molecule has 2 saturated heterocycles. The maximum atomic E-state index is 12.6. The zero-order valence-electron chi connectivity index (χ0n) is 18.5. The first-order chi connectivity index (χ1) is 14.0. The number of hydrogen-bond acceptors (Lipinski definition) is 5. The minimum atomic E-state index is -0.216. The Morgan fingerprint density at radius 1 is 1.43 bits per heavy atom. The Hall–Kier alpha value is -1.44. The van der Waals surface area contributed by atoms with Crippen LogP contribution < -0.4 is 15.8 Å². The summed E-state index contributed by atoms with van der Waals surface area (Å²) in [5, 5.41) is 3.15. The normalized spacial score (nSPS) is 25.2. The highest BCUT2D eigenvalue weighted by atomic mass is 35.5. The van der Waals surface area contributed by atoms with Gasteiger partial charge in [0.05, 0.1) is 42.9 Å². The van der Waals surface area contributed by atoms with Gasteiger partial charge in [0.2, 0.25) is 0 Å². The molecule has 8 heteroatoms. The molecule has 6 nitrogen and oxygen atoms in total. The lowest BCUT2D eigenvalue weighted by atomic mass is 9.67. The summed E-state index contributed by atoms with van der Waals surface area (Å²) < 4.78 is 11.2. The molecule has 2 aliphatic rings. The predicted octanol–water partition coefficient (Wildman–Crippen LogP) is 3.29. The van der Waals surface area contributed by atoms with Gasteiger partial charge in [-0.05, 0) is 51.3 Å². The zero-order valence-corrected chi connectivity index (χ0v) is 19.2. The van der Waals surface area contributed by atoms with Crippen molar-refractivity contribution < 1.29 is 14.3 Å². The van der Waals surface area contributed by atoms with Crippen LogP contribution in [0.2, 0.25) is 10.3 Å². The maximum absolute atomic E-state index is 12.6. The largest absolute Gasteiger partial charge is 0.496 e. The van der Waals surface area contributed by atoms with Gasteiger partial charge < -0.3 is 25.4 Å². The second-order valence-electron chi connectivity index (χ2n) is 9.61. The van der Waals surface area contributed by atoms with Crippen molar-refractivity contribution >= 4 is 31.0 Å². The summed E-state index contributed by atoms with van der Waals surface area (Å²) in [6.45, 7) is 9.87. The molecule has 2 aliphatic heterocycles. The standard InChI is InChI=1S/C22H33BClN3O3/c1-21(2,23)13-22(3)19(30-22)12-27-7-5-14(6-8-27)11-26-20(28)15-9-16(24)17(25)10-18(15)29-4/h9-10,14,19H,5-8,11-13,25H2,1-4H3,(H,26,28). The van der Waals surface area contributed by atoms with E-state index in [-0.39, 0.29) is 22.9 Å². The number of likely N-dealkylation sites (tertiary alicyclic amines) is 1. The number of hydrogen-bond donors (Lipinski definition) is 2. The fourth-order valence-corrected chi connectivity index (χ4v) is 4.60. The fraction of sp³-hybridized carbons (Fsp3) is 0.682. The lowest BCUT2D eigenvalue weighted by molar-refractivity contribution is 0.0932. The van der Waals surface area contributed by atoms with Crippen molar-refractivity contribution in [1.29, 1.82) is 0 Å². The van der Waals surface area contributed by atoms with Gasteiger partial charge in [-0.2, -0.15) is 0 Å². The lowest BCUT2D eigenvalue weighted by Crippen LogP contribution is -2.41. The Morgan fingerprint density at radius 2 is 2.10 bits per heavy atom. The molecule has 2 atom stereocenters. The highest BCUT2D eigenvalue weighted by Gasteiger charge is 2.53. The second-order valence-corrected chi connectivity index (χ2v) is 10.0. The van der Waals surface area contributed by atoms with E-state index >= 15 is 0 Å². The first-order valence-electron chi connectivity index (χ1n) is 10.6. The molecular weight excluding hydrogens is 401 g/mol. The SMILES string of the molecule is [B]C(C)(C)CC1(C)OC1CN1CCC(CNC(=O)c2cc(Cl)c(N)cc2OC)CC1. The number of rotatable bonds is 8. The topological polar surface area (TPSA) is 80.1 Å². The van der Waals surface area contributed by atoms with Gasteiger partial charge in [0.1, 0.15) is 5.75 Å². The minimum absolute atomic E-state index is 0.0948. The molecule has 2 fully saturated rings. The van der Waals surface area contributed by atoms with Crippen molar-refractivity contribution in [3.8, 4) is 5.75 Å². The number of piperidine rings is 1. The van der Waals surface area contributed by atoms with Crippen molar-refractivity contribution in [3.05, 3.63) is 22.7 Å². The van der Waals surface area contributed by atoms with E-state index in [9.17, 15) is 4.79 Å². The third kappa shape index (κ3) is 5.83. The summed E-state index contributed by atoms with van der Waals surface area (Å²) in [6.07, 6.45) is 3.22. The number of amides is 1. The van der Waals surface area contributed by atoms with Gasteiger partial charge in [-0.1, -0.05) is 30.8 Å². The summed E-state index contributed by atoms with van der Waals surface area (Å²) >= 11 is 6.07. The molecule has 0 saturated carbocycles. The maximum Gasteiger partial charge on any atom is 0.255 e. The molecule has 1 aromatic rings. The van der Waals surface area contributed by atoms with E-state index < -0.39 is 0 Å². The fourth-order valence-electron chi connectivity index (χ4n) is 4.44. The Bertz CT molecular complexity index is 778. The third-order valence-corrected chi connectivity index (χ3v) is 6.42. The summed E-state index contributed by atoms with van der Waals surface area (Å²) in [4.78, 5) is 15.1. The van der Waals surface area contributed by atoms with Crippen molar-refractivity contribution in [2.75, 3.05) is 39.0 Å². The van der Waals surface area contributed by atoms with Crippen LogP contribution in [0, 0.1) is 5.92 Å². The van der Waals surface area contributed by atoms with Gasteiger partial charge >= 0.3 is 0 Å². The van der Waals surface area contributed by atoms with Gasteiger partial charge in [0, 0.05) is 19.2 Å². The molecule has 0 aliphatic carbocycles. The van der Waals surface area contributed by atoms with Gasteiger partial charge in [-0.15, -0.1) is 0 Å². The molecular formula is C22H33BClN3O3. The Labute approximate surface area is 186 Å². The second kappa shape index (κ2) is 8.97. The lowest BCUT2D eigenvalue weighted by Gasteiger charge is -2.32.